The third-order valence-corrected chi connectivity index (χ3v) is 16.0. The van der Waals surface area contributed by atoms with E-state index >= 15 is 0 Å². The number of amides is 2. The van der Waals surface area contributed by atoms with Gasteiger partial charge in [-0.15, -0.1) is 0 Å². The zero-order valence-electron chi connectivity index (χ0n) is 38.3. The Kier molecular flexibility index (Phi) is 18.9. The van der Waals surface area contributed by atoms with Gasteiger partial charge in [-0.2, -0.15) is 0 Å². The number of carbonyl (C=O) groups excluding carboxylic acids is 3. The molecular formula is C53H53LiN2O11S2. The Hall–Kier alpha value is -6.34. The van der Waals surface area contributed by atoms with E-state index in [1.165, 1.54) is 29.0 Å². The Morgan fingerprint density at radius 3 is 1.07 bits per heavy atom. The average Bonchev–Trinajstić information content (AvgIpc) is 3.98. The summed E-state index contributed by atoms with van der Waals surface area (Å²) in [6, 6.07) is 51.7. The fraction of sp³-hybridized carbons (Fsp3) is 0.245. The van der Waals surface area contributed by atoms with E-state index in [1.54, 1.807) is 48.5 Å². The summed E-state index contributed by atoms with van der Waals surface area (Å²) < 4.78 is 56.7. The molecule has 2 aliphatic heterocycles. The van der Waals surface area contributed by atoms with E-state index in [9.17, 15) is 41.1 Å². The summed E-state index contributed by atoms with van der Waals surface area (Å²) in [7, 11) is -5.88. The molecule has 0 unspecified atom stereocenters. The molecule has 0 radical (unpaired) electrons. The molecule has 0 spiro atoms. The molecule has 2 fully saturated rings. The van der Waals surface area contributed by atoms with Crippen molar-refractivity contribution in [3.63, 3.8) is 0 Å². The van der Waals surface area contributed by atoms with Gasteiger partial charge in [-0.05, 0) is 71.2 Å². The number of carboxylic acids is 1. The Morgan fingerprint density at radius 2 is 0.783 bits per heavy atom. The number of benzene rings is 6. The van der Waals surface area contributed by atoms with Crippen molar-refractivity contribution in [3.8, 4) is 0 Å². The summed E-state index contributed by atoms with van der Waals surface area (Å²) in [6.45, 7) is 0.249. The molecule has 2 aliphatic rings. The van der Waals surface area contributed by atoms with Crippen molar-refractivity contribution in [2.75, 3.05) is 31.7 Å². The van der Waals surface area contributed by atoms with Gasteiger partial charge >= 0.3 is 30.8 Å². The molecule has 2 saturated heterocycles. The van der Waals surface area contributed by atoms with Crippen LogP contribution in [0.3, 0.4) is 0 Å². The van der Waals surface area contributed by atoms with Crippen molar-refractivity contribution < 1.29 is 70.2 Å². The van der Waals surface area contributed by atoms with Crippen LogP contribution >= 0.6 is 0 Å². The van der Waals surface area contributed by atoms with Crippen molar-refractivity contribution >= 4 is 43.4 Å². The van der Waals surface area contributed by atoms with Crippen LogP contribution in [0.4, 0.5) is 0 Å². The number of hydrogen-bond donors (Lipinski definition) is 1. The molecule has 6 aromatic rings. The summed E-state index contributed by atoms with van der Waals surface area (Å²) in [4.78, 5) is 55.7. The molecule has 69 heavy (non-hydrogen) atoms. The van der Waals surface area contributed by atoms with Crippen LogP contribution in [-0.4, -0.2) is 105 Å². The quantitative estimate of drug-likeness (QED) is 0.122. The van der Waals surface area contributed by atoms with Crippen LogP contribution in [0, 0.1) is 11.8 Å². The van der Waals surface area contributed by atoms with Gasteiger partial charge in [0.2, 0.25) is 11.8 Å². The number of carboxylic acid groups (broad SMARTS) is 1. The number of likely N-dealkylation sites (tertiary alicyclic amines) is 2. The molecule has 8 rings (SSSR count). The Morgan fingerprint density at radius 1 is 0.507 bits per heavy atom. The SMILES string of the molecule is COC(=O)[C@@H]1C[C@H](CS(=O)(=O)c2ccccc2)CN1C(=O)C(c1ccccc1)c1ccccc1.O=C(O)[C@@H]1C[C@H](CS(=O)(=O)c2ccccc2)CN1C(=O)C(c1ccccc1)c1ccccc1.[Li+].[OH-]. The Balaban J connectivity index is 0.000000250. The first-order chi connectivity index (χ1) is 32.3. The number of methoxy groups -OCH3 is 1. The molecule has 0 saturated carbocycles. The minimum atomic E-state index is -3.60. The van der Waals surface area contributed by atoms with Gasteiger partial charge in [-0.1, -0.05) is 158 Å². The minimum Gasteiger partial charge on any atom is -0.870 e. The van der Waals surface area contributed by atoms with E-state index in [1.807, 2.05) is 121 Å². The van der Waals surface area contributed by atoms with Crippen molar-refractivity contribution in [1.82, 2.24) is 9.80 Å². The maximum absolute atomic E-state index is 13.9. The third-order valence-electron chi connectivity index (χ3n) is 12.2. The van der Waals surface area contributed by atoms with E-state index in [4.69, 9.17) is 4.74 Å². The van der Waals surface area contributed by atoms with Crippen LogP contribution < -0.4 is 18.9 Å². The first-order valence-corrected chi connectivity index (χ1v) is 25.2. The van der Waals surface area contributed by atoms with Crippen LogP contribution in [0.1, 0.15) is 46.9 Å². The first kappa shape index (κ1) is 53.6. The second-order valence-electron chi connectivity index (χ2n) is 16.8. The molecular weight excluding hydrogens is 912 g/mol. The maximum atomic E-state index is 13.9. The van der Waals surface area contributed by atoms with Gasteiger partial charge in [-0.3, -0.25) is 9.59 Å². The van der Waals surface area contributed by atoms with Gasteiger partial charge in [0.15, 0.2) is 19.7 Å². The van der Waals surface area contributed by atoms with Gasteiger partial charge in [0.1, 0.15) is 12.1 Å². The zero-order chi connectivity index (χ0) is 47.6. The summed E-state index contributed by atoms with van der Waals surface area (Å²) in [5.41, 5.74) is 3.14. The van der Waals surface area contributed by atoms with E-state index in [0.29, 0.717) is 0 Å². The van der Waals surface area contributed by atoms with Gasteiger partial charge in [0, 0.05) is 13.1 Å². The second-order valence-corrected chi connectivity index (χ2v) is 20.8. The van der Waals surface area contributed by atoms with Crippen molar-refractivity contribution in [2.24, 2.45) is 11.8 Å². The number of rotatable bonds is 14. The monoisotopic (exact) mass is 964 g/mol. The van der Waals surface area contributed by atoms with Crippen LogP contribution in [0.25, 0.3) is 0 Å². The number of nitrogens with zero attached hydrogens (tertiary/aromatic N) is 2. The largest absolute Gasteiger partial charge is 1.00 e. The van der Waals surface area contributed by atoms with E-state index < -0.39 is 61.5 Å². The molecule has 0 bridgehead atoms. The van der Waals surface area contributed by atoms with Gasteiger partial charge in [0.25, 0.3) is 0 Å². The topological polar surface area (TPSA) is 202 Å². The third kappa shape index (κ3) is 13.1. The minimum absolute atomic E-state index is 0. The predicted octanol–water partition coefficient (Wildman–Crippen LogP) is 4.10. The molecule has 13 nitrogen and oxygen atoms in total. The summed E-state index contributed by atoms with van der Waals surface area (Å²) in [5, 5.41) is 9.85. The number of carbonyl (C=O) groups is 4. The smallest absolute Gasteiger partial charge is 0.870 e. The molecule has 4 atom stereocenters. The molecule has 16 heteroatoms. The van der Waals surface area contributed by atoms with Gasteiger partial charge < -0.3 is 25.1 Å². The zero-order valence-corrected chi connectivity index (χ0v) is 39.9. The van der Waals surface area contributed by atoms with Crippen LogP contribution in [0.15, 0.2) is 192 Å². The van der Waals surface area contributed by atoms with Crippen molar-refractivity contribution in [3.05, 3.63) is 204 Å². The average molecular weight is 965 g/mol. The number of aliphatic carboxylic acids is 1. The fourth-order valence-electron chi connectivity index (χ4n) is 9.11. The van der Waals surface area contributed by atoms with Crippen LogP contribution in [0.5, 0.6) is 0 Å². The van der Waals surface area contributed by atoms with Crippen molar-refractivity contribution in [2.45, 2.75) is 46.6 Å². The number of esters is 1. The van der Waals surface area contributed by atoms with Crippen LogP contribution in [0.2, 0.25) is 0 Å². The fourth-order valence-corrected chi connectivity index (χ4v) is 12.4. The first-order valence-electron chi connectivity index (χ1n) is 21.9. The van der Waals surface area contributed by atoms with E-state index in [2.05, 4.69) is 0 Å². The summed E-state index contributed by atoms with van der Waals surface area (Å²) >= 11 is 0. The Bertz CT molecular complexity index is 2770. The summed E-state index contributed by atoms with van der Waals surface area (Å²) in [6.07, 6.45) is 0.338. The van der Waals surface area contributed by atoms with E-state index in [0.717, 1.165) is 22.3 Å². The number of hydrogen-bond acceptors (Lipinski definition) is 10. The number of ether oxygens (including phenoxy) is 1. The normalized spacial score (nSPS) is 17.7. The maximum Gasteiger partial charge on any atom is 1.00 e. The van der Waals surface area contributed by atoms with Gasteiger partial charge in [-0.25, -0.2) is 26.4 Å². The molecule has 2 heterocycles. The molecule has 0 aliphatic carbocycles. The molecule has 2 amide bonds. The van der Waals surface area contributed by atoms with Gasteiger partial charge in [0.05, 0.1) is 40.2 Å². The van der Waals surface area contributed by atoms with E-state index in [-0.39, 0.29) is 89.3 Å². The van der Waals surface area contributed by atoms with Crippen LogP contribution in [-0.2, 0) is 43.6 Å². The second kappa shape index (κ2) is 24.3. The van der Waals surface area contributed by atoms with Crippen molar-refractivity contribution in [1.29, 1.82) is 0 Å². The molecule has 0 aromatic heterocycles. The molecule has 6 aromatic carbocycles. The Labute approximate surface area is 415 Å². The standard InChI is InChI=1S/C27H27NO5S.C26H25NO5S.Li.H2O/c1-33-27(30)24-17-20(19-34(31,32)23-15-9-4-10-16-23)18-28(24)26(29)25(21-11-5-2-6-12-21)22-13-7-3-8-14-22;28-25(24(20-10-4-1-5-11-20)21-12-6-2-7-13-21)27-17-19(16-23(27)26(29)30)18-33(31,32)22-14-8-3-9-15-22;;/h2-16,20,24-25H,17-19H2,1H3;1-15,19,23-24H,16-18H2,(H,29,30);;1H2/q;;+1;/p-1/t20-,24-;19-,23-;;/m00../s1. The molecule has 2 N–H and O–H groups in total. The summed E-state index contributed by atoms with van der Waals surface area (Å²) in [5.74, 6) is -4.71. The number of sulfone groups is 2. The molecule has 354 valence electrons. The predicted molar refractivity (Wildman–Crippen MR) is 255 cm³/mol.